The molecule has 0 bridgehead atoms. The molecule has 0 spiro atoms. The molecule has 0 atom stereocenters. The van der Waals surface area contributed by atoms with Crippen LogP contribution < -0.4 is 11.1 Å². The first-order chi connectivity index (χ1) is 8.50. The molecular weight excluding hydrogens is 257 g/mol. The molecule has 0 unspecified atom stereocenters. The van der Waals surface area contributed by atoms with Gasteiger partial charge in [-0.1, -0.05) is 11.6 Å². The van der Waals surface area contributed by atoms with E-state index in [4.69, 9.17) is 17.3 Å². The van der Waals surface area contributed by atoms with E-state index in [0.717, 1.165) is 26.2 Å². The lowest BCUT2D eigenvalue weighted by Gasteiger charge is -2.25. The van der Waals surface area contributed by atoms with Crippen molar-refractivity contribution in [2.75, 3.05) is 31.9 Å². The number of rotatable bonds is 0. The number of amides is 1. The molecule has 3 N–H and O–H groups in total. The van der Waals surface area contributed by atoms with Crippen LogP contribution in [0.3, 0.4) is 0 Å². The van der Waals surface area contributed by atoms with Crippen molar-refractivity contribution in [3.05, 3.63) is 29.0 Å². The highest BCUT2D eigenvalue weighted by molar-refractivity contribution is 6.31. The van der Waals surface area contributed by atoms with Gasteiger partial charge >= 0.3 is 0 Å². The highest BCUT2D eigenvalue weighted by Gasteiger charge is 2.10. The van der Waals surface area contributed by atoms with Gasteiger partial charge in [0.1, 0.15) is 5.82 Å². The molecule has 2 rings (SSSR count). The molecule has 1 saturated heterocycles. The van der Waals surface area contributed by atoms with Crippen molar-refractivity contribution in [3.63, 3.8) is 0 Å². The molecule has 100 valence electrons. The summed E-state index contributed by atoms with van der Waals surface area (Å²) in [5.74, 6) is -0.248. The number of carbonyl (C=O) groups is 1. The predicted molar refractivity (Wildman–Crippen MR) is 70.9 cm³/mol. The van der Waals surface area contributed by atoms with Gasteiger partial charge in [-0.25, -0.2) is 4.39 Å². The van der Waals surface area contributed by atoms with E-state index in [2.05, 4.69) is 5.32 Å². The van der Waals surface area contributed by atoms with E-state index in [1.165, 1.54) is 18.2 Å². The third kappa shape index (κ3) is 4.89. The molecule has 1 aromatic rings. The summed E-state index contributed by atoms with van der Waals surface area (Å²) in [4.78, 5) is 12.6. The molecule has 0 radical (unpaired) electrons. The lowest BCUT2D eigenvalue weighted by atomic mass is 10.3. The second-order valence-electron chi connectivity index (χ2n) is 3.93. The number of piperazine rings is 1. The maximum Gasteiger partial charge on any atom is 0.219 e. The Morgan fingerprint density at radius 1 is 1.44 bits per heavy atom. The zero-order chi connectivity index (χ0) is 13.5. The number of benzene rings is 1. The number of nitrogens with two attached hydrogens (primary N) is 1. The molecule has 0 aliphatic carbocycles. The average molecular weight is 274 g/mol. The Hall–Kier alpha value is -1.33. The molecular formula is C12H17ClFN3O. The summed E-state index contributed by atoms with van der Waals surface area (Å²) in [7, 11) is 0. The second kappa shape index (κ2) is 7.18. The van der Waals surface area contributed by atoms with Crippen LogP contribution in [0.25, 0.3) is 0 Å². The van der Waals surface area contributed by atoms with Gasteiger partial charge in [0.25, 0.3) is 0 Å². The molecule has 4 nitrogen and oxygen atoms in total. The van der Waals surface area contributed by atoms with Gasteiger partial charge in [0.05, 0.1) is 5.02 Å². The van der Waals surface area contributed by atoms with Crippen LogP contribution in [-0.2, 0) is 4.79 Å². The monoisotopic (exact) mass is 273 g/mol. The Morgan fingerprint density at radius 3 is 2.44 bits per heavy atom. The Morgan fingerprint density at radius 2 is 2.06 bits per heavy atom. The van der Waals surface area contributed by atoms with Gasteiger partial charge in [-0.15, -0.1) is 0 Å². The number of nitrogens with one attached hydrogen (secondary N) is 1. The van der Waals surface area contributed by atoms with Crippen LogP contribution >= 0.6 is 11.6 Å². The van der Waals surface area contributed by atoms with Crippen LogP contribution in [0.15, 0.2) is 18.2 Å². The van der Waals surface area contributed by atoms with E-state index in [9.17, 15) is 9.18 Å². The number of anilines is 1. The summed E-state index contributed by atoms with van der Waals surface area (Å²) in [5, 5.41) is 3.24. The topological polar surface area (TPSA) is 58.4 Å². The van der Waals surface area contributed by atoms with E-state index < -0.39 is 5.82 Å². The summed E-state index contributed by atoms with van der Waals surface area (Å²) in [6, 6.07) is 4.07. The fourth-order valence-corrected chi connectivity index (χ4v) is 1.68. The molecule has 6 heteroatoms. The van der Waals surface area contributed by atoms with E-state index >= 15 is 0 Å². The Bertz CT molecular complexity index is 408. The SMILES string of the molecule is CC(=O)N1CCNCC1.Nc1ccc(F)c(Cl)c1. The van der Waals surface area contributed by atoms with Crippen LogP contribution in [0.2, 0.25) is 5.02 Å². The normalized spacial score (nSPS) is 14.7. The summed E-state index contributed by atoms with van der Waals surface area (Å²) in [6.07, 6.45) is 0. The van der Waals surface area contributed by atoms with Crippen molar-refractivity contribution in [1.82, 2.24) is 10.2 Å². The van der Waals surface area contributed by atoms with Crippen LogP contribution in [0.1, 0.15) is 6.92 Å². The van der Waals surface area contributed by atoms with Crippen molar-refractivity contribution in [3.8, 4) is 0 Å². The first-order valence-electron chi connectivity index (χ1n) is 5.67. The fourth-order valence-electron chi connectivity index (χ4n) is 1.49. The number of hydrogen-bond acceptors (Lipinski definition) is 3. The smallest absolute Gasteiger partial charge is 0.219 e. The van der Waals surface area contributed by atoms with Crippen molar-refractivity contribution in [1.29, 1.82) is 0 Å². The molecule has 0 saturated carbocycles. The van der Waals surface area contributed by atoms with E-state index in [1.807, 2.05) is 4.90 Å². The van der Waals surface area contributed by atoms with Crippen LogP contribution in [0, 0.1) is 5.82 Å². The maximum absolute atomic E-state index is 12.3. The van der Waals surface area contributed by atoms with Gasteiger partial charge in [0.15, 0.2) is 0 Å². The highest BCUT2D eigenvalue weighted by atomic mass is 35.5. The average Bonchev–Trinajstić information content (AvgIpc) is 2.36. The molecule has 1 aliphatic rings. The quantitative estimate of drug-likeness (QED) is 0.705. The lowest BCUT2D eigenvalue weighted by Crippen LogP contribution is -2.45. The Balaban J connectivity index is 0.000000180. The number of nitrogens with zero attached hydrogens (tertiary/aromatic N) is 1. The largest absolute Gasteiger partial charge is 0.399 e. The third-order valence-corrected chi connectivity index (χ3v) is 2.80. The van der Waals surface area contributed by atoms with Crippen LogP contribution in [0.4, 0.5) is 10.1 Å². The minimum atomic E-state index is -0.439. The highest BCUT2D eigenvalue weighted by Crippen LogP contribution is 2.16. The first kappa shape index (κ1) is 14.7. The van der Waals surface area contributed by atoms with E-state index in [0.29, 0.717) is 5.69 Å². The van der Waals surface area contributed by atoms with E-state index in [1.54, 1.807) is 6.92 Å². The van der Waals surface area contributed by atoms with Gasteiger partial charge < -0.3 is 16.0 Å². The van der Waals surface area contributed by atoms with Crippen molar-refractivity contribution >= 4 is 23.2 Å². The number of carbonyl (C=O) groups excluding carboxylic acids is 1. The maximum atomic E-state index is 12.3. The molecule has 1 aromatic carbocycles. The van der Waals surface area contributed by atoms with Crippen molar-refractivity contribution in [2.24, 2.45) is 0 Å². The third-order valence-electron chi connectivity index (χ3n) is 2.51. The van der Waals surface area contributed by atoms with Gasteiger partial charge in [0.2, 0.25) is 5.91 Å². The summed E-state index contributed by atoms with van der Waals surface area (Å²) < 4.78 is 12.3. The zero-order valence-electron chi connectivity index (χ0n) is 10.2. The van der Waals surface area contributed by atoms with Crippen LogP contribution in [-0.4, -0.2) is 37.0 Å². The standard InChI is InChI=1S/C6H5ClFN.C6H12N2O/c7-5-3-4(9)1-2-6(5)8;1-6(9)8-4-2-7-3-5-8/h1-3H,9H2;7H,2-5H2,1H3. The predicted octanol–water partition coefficient (Wildman–Crippen LogP) is 1.50. The van der Waals surface area contributed by atoms with Gasteiger partial charge in [-0.3, -0.25) is 4.79 Å². The molecule has 1 amide bonds. The molecule has 1 aliphatic heterocycles. The van der Waals surface area contributed by atoms with Gasteiger partial charge in [0, 0.05) is 38.8 Å². The molecule has 1 fully saturated rings. The Kier molecular flexibility index (Phi) is 5.88. The zero-order valence-corrected chi connectivity index (χ0v) is 11.0. The van der Waals surface area contributed by atoms with Crippen LogP contribution in [0.5, 0.6) is 0 Å². The van der Waals surface area contributed by atoms with E-state index in [-0.39, 0.29) is 10.9 Å². The van der Waals surface area contributed by atoms with Gasteiger partial charge in [-0.2, -0.15) is 0 Å². The number of nitrogen functional groups attached to an aromatic ring is 1. The van der Waals surface area contributed by atoms with Gasteiger partial charge in [-0.05, 0) is 18.2 Å². The lowest BCUT2D eigenvalue weighted by molar-refractivity contribution is -0.129. The minimum absolute atomic E-state index is 0.0648. The van der Waals surface area contributed by atoms with Crippen molar-refractivity contribution in [2.45, 2.75) is 6.92 Å². The second-order valence-corrected chi connectivity index (χ2v) is 4.34. The molecule has 0 aromatic heterocycles. The Labute approximate surface area is 111 Å². The number of hydrogen-bond donors (Lipinski definition) is 2. The fraction of sp³-hybridized carbons (Fsp3) is 0.417. The van der Waals surface area contributed by atoms with Crippen molar-refractivity contribution < 1.29 is 9.18 Å². The molecule has 1 heterocycles. The number of halogens is 2. The first-order valence-corrected chi connectivity index (χ1v) is 6.05. The summed E-state index contributed by atoms with van der Waals surface area (Å²) in [5.41, 5.74) is 5.75. The summed E-state index contributed by atoms with van der Waals surface area (Å²) in [6.45, 7) is 5.25. The summed E-state index contributed by atoms with van der Waals surface area (Å²) >= 11 is 5.36. The minimum Gasteiger partial charge on any atom is -0.399 e. The molecule has 18 heavy (non-hydrogen) atoms.